The number of ketones is 1. The Hall–Kier alpha value is -1.66. The van der Waals surface area contributed by atoms with Gasteiger partial charge in [-0.2, -0.15) is 0 Å². The number of aliphatic hydroxyl groups is 1. The van der Waals surface area contributed by atoms with E-state index in [4.69, 9.17) is 29.4 Å². The number of hydrogen-bond acceptors (Lipinski definition) is 10. The molecule has 3 N–H and O–H groups in total. The Balaban J connectivity index is 2.52. The van der Waals surface area contributed by atoms with Gasteiger partial charge in [-0.3, -0.25) is 9.59 Å². The minimum Gasteiger partial charge on any atom is -0.462 e. The van der Waals surface area contributed by atoms with Crippen molar-refractivity contribution in [1.29, 1.82) is 0 Å². The third-order valence-electron chi connectivity index (χ3n) is 8.98. The molecular formula is C33H58N2O8. The summed E-state index contributed by atoms with van der Waals surface area (Å²) in [7, 11) is 7.04. The van der Waals surface area contributed by atoms with E-state index >= 15 is 0 Å². The summed E-state index contributed by atoms with van der Waals surface area (Å²) >= 11 is 0. The molecule has 0 aromatic heterocycles. The van der Waals surface area contributed by atoms with Gasteiger partial charge in [-0.05, 0) is 71.5 Å². The van der Waals surface area contributed by atoms with Crippen molar-refractivity contribution >= 4 is 11.8 Å². The number of likely N-dealkylation sites (N-methyl/N-ethyl adjacent to an activating group) is 1. The maximum absolute atomic E-state index is 13.3. The predicted octanol–water partition coefficient (Wildman–Crippen LogP) is 3.85. The standard InChI is InChI=1S/C33H58N2O8/c1-10-28-25(19-34)15-20(2)11-13-27(36)22(4)16-24(18-30(39-8)40-9)32(21(3)12-14-29(37)42-28)43-33-31(38)26(35(6)7)17-23(5)41-33/h11,13,15,21-26,28,30-33,38H,10,12,14,16-19,34H2,1-9H3/b13-11+,20-15+/t21-,22+,23?,24?,25?,26?,28+,31?,32+,33?/m0/s1. The number of hydrogen-bond donors (Lipinski definition) is 2. The summed E-state index contributed by atoms with van der Waals surface area (Å²) in [6, 6.07) is -0.141. The number of methoxy groups -OCH3 is 2. The van der Waals surface area contributed by atoms with Gasteiger partial charge in [0, 0.05) is 51.5 Å². The summed E-state index contributed by atoms with van der Waals surface area (Å²) in [4.78, 5) is 28.4. The summed E-state index contributed by atoms with van der Waals surface area (Å²) in [6.07, 6.45) is 5.10. The van der Waals surface area contributed by atoms with Crippen LogP contribution in [0, 0.1) is 23.7 Å². The highest BCUT2D eigenvalue weighted by Crippen LogP contribution is 2.35. The molecule has 10 atom stereocenters. The highest BCUT2D eigenvalue weighted by Gasteiger charge is 2.42. The fourth-order valence-corrected chi connectivity index (χ4v) is 6.30. The number of nitrogens with zero attached hydrogens (tertiary/aromatic N) is 1. The van der Waals surface area contributed by atoms with Crippen LogP contribution in [0.5, 0.6) is 0 Å². The van der Waals surface area contributed by atoms with Gasteiger partial charge in [0.25, 0.3) is 0 Å². The second kappa shape index (κ2) is 18.3. The van der Waals surface area contributed by atoms with Crippen molar-refractivity contribution in [3.63, 3.8) is 0 Å². The summed E-state index contributed by atoms with van der Waals surface area (Å²) in [5.41, 5.74) is 6.95. The van der Waals surface area contributed by atoms with Crippen LogP contribution in [0.1, 0.15) is 73.1 Å². The zero-order valence-corrected chi connectivity index (χ0v) is 27.9. The monoisotopic (exact) mass is 610 g/mol. The van der Waals surface area contributed by atoms with Gasteiger partial charge in [0.15, 0.2) is 18.4 Å². The van der Waals surface area contributed by atoms with E-state index in [1.807, 2.05) is 59.7 Å². The number of nitrogens with two attached hydrogens (primary N) is 1. The van der Waals surface area contributed by atoms with Crippen molar-refractivity contribution in [2.75, 3.05) is 34.9 Å². The average molecular weight is 611 g/mol. The third-order valence-corrected chi connectivity index (χ3v) is 8.98. The van der Waals surface area contributed by atoms with Crippen molar-refractivity contribution in [1.82, 2.24) is 4.90 Å². The van der Waals surface area contributed by atoms with E-state index in [2.05, 4.69) is 0 Å². The zero-order chi connectivity index (χ0) is 32.3. The molecule has 2 heterocycles. The van der Waals surface area contributed by atoms with Crippen LogP contribution in [-0.2, 0) is 33.3 Å². The van der Waals surface area contributed by atoms with Crippen LogP contribution in [-0.4, -0.2) is 99.7 Å². The summed E-state index contributed by atoms with van der Waals surface area (Å²) < 4.78 is 30.0. The van der Waals surface area contributed by atoms with Gasteiger partial charge in [0.05, 0.1) is 12.2 Å². The van der Waals surface area contributed by atoms with Gasteiger partial charge in [-0.1, -0.05) is 38.5 Å². The molecule has 2 rings (SSSR count). The first-order valence-corrected chi connectivity index (χ1v) is 15.9. The topological polar surface area (TPSA) is 130 Å². The lowest BCUT2D eigenvalue weighted by atomic mass is 9.80. The van der Waals surface area contributed by atoms with Gasteiger partial charge in [-0.15, -0.1) is 0 Å². The smallest absolute Gasteiger partial charge is 0.306 e. The Morgan fingerprint density at radius 3 is 2.37 bits per heavy atom. The number of carbonyl (C=O) groups excluding carboxylic acids is 2. The Morgan fingerprint density at radius 2 is 1.79 bits per heavy atom. The van der Waals surface area contributed by atoms with E-state index in [9.17, 15) is 14.7 Å². The first-order valence-electron chi connectivity index (χ1n) is 15.9. The summed E-state index contributed by atoms with van der Waals surface area (Å²) in [5.74, 6) is -1.11. The van der Waals surface area contributed by atoms with Gasteiger partial charge in [0.2, 0.25) is 0 Å². The lowest BCUT2D eigenvalue weighted by Gasteiger charge is -2.44. The molecule has 0 radical (unpaired) electrons. The molecule has 0 aromatic rings. The molecule has 10 heteroatoms. The quantitative estimate of drug-likeness (QED) is 0.293. The molecule has 6 unspecified atom stereocenters. The molecule has 1 saturated heterocycles. The maximum Gasteiger partial charge on any atom is 0.306 e. The number of cyclic esters (lactones) is 1. The van der Waals surface area contributed by atoms with Gasteiger partial charge in [-0.25, -0.2) is 0 Å². The second-order valence-corrected chi connectivity index (χ2v) is 12.7. The highest BCUT2D eigenvalue weighted by atomic mass is 16.7. The molecule has 0 bridgehead atoms. The SMILES string of the molecule is CC[C@H]1OC(=O)CC[C@H](C)[C@@H](OC2OC(C)CC(N(C)C)C2O)C(CC(OC)OC)C[C@@H](C)C(=O)/C=C/C(C)=C/C1CN. The number of esters is 1. The summed E-state index contributed by atoms with van der Waals surface area (Å²) in [6.45, 7) is 10.1. The first-order chi connectivity index (χ1) is 20.3. The number of ether oxygens (including phenoxy) is 5. The molecule has 10 nitrogen and oxygen atoms in total. The molecule has 0 aromatic carbocycles. The molecule has 1 fully saturated rings. The minimum atomic E-state index is -0.875. The number of aliphatic hydroxyl groups excluding tert-OH is 1. The van der Waals surface area contributed by atoms with Crippen LogP contribution < -0.4 is 5.73 Å². The van der Waals surface area contributed by atoms with E-state index < -0.39 is 24.8 Å². The lowest BCUT2D eigenvalue weighted by molar-refractivity contribution is -0.282. The molecular weight excluding hydrogens is 552 g/mol. The van der Waals surface area contributed by atoms with Gasteiger partial charge in [0.1, 0.15) is 12.2 Å². The molecule has 0 spiro atoms. The van der Waals surface area contributed by atoms with E-state index in [1.54, 1.807) is 26.4 Å². The molecule has 43 heavy (non-hydrogen) atoms. The Kier molecular flexibility index (Phi) is 16.0. The van der Waals surface area contributed by atoms with Gasteiger partial charge >= 0.3 is 5.97 Å². The van der Waals surface area contributed by atoms with E-state index in [-0.39, 0.29) is 60.1 Å². The normalized spacial score (nSPS) is 37.7. The second-order valence-electron chi connectivity index (χ2n) is 12.7. The Morgan fingerprint density at radius 1 is 1.12 bits per heavy atom. The van der Waals surface area contributed by atoms with Crippen molar-refractivity contribution in [3.8, 4) is 0 Å². The van der Waals surface area contributed by atoms with Crippen molar-refractivity contribution in [3.05, 3.63) is 23.8 Å². The predicted molar refractivity (Wildman–Crippen MR) is 166 cm³/mol. The number of rotatable bonds is 9. The van der Waals surface area contributed by atoms with E-state index in [0.29, 0.717) is 38.6 Å². The number of allylic oxidation sites excluding steroid dienone is 3. The van der Waals surface area contributed by atoms with Crippen LogP contribution in [0.3, 0.4) is 0 Å². The van der Waals surface area contributed by atoms with Crippen molar-refractivity contribution in [2.45, 2.75) is 116 Å². The van der Waals surface area contributed by atoms with Crippen LogP contribution >= 0.6 is 0 Å². The zero-order valence-electron chi connectivity index (χ0n) is 27.9. The average Bonchev–Trinajstić information content (AvgIpc) is 2.97. The molecule has 0 saturated carbocycles. The van der Waals surface area contributed by atoms with Crippen LogP contribution in [0.15, 0.2) is 23.8 Å². The third kappa shape index (κ3) is 11.3. The molecule has 2 aliphatic rings. The fourth-order valence-electron chi connectivity index (χ4n) is 6.30. The first kappa shape index (κ1) is 37.5. The highest BCUT2D eigenvalue weighted by molar-refractivity contribution is 5.91. The molecule has 2 aliphatic heterocycles. The Labute approximate surface area is 259 Å². The minimum absolute atomic E-state index is 0.000596. The van der Waals surface area contributed by atoms with Crippen LogP contribution in [0.2, 0.25) is 0 Å². The fraction of sp³-hybridized carbons (Fsp3) is 0.818. The van der Waals surface area contributed by atoms with Crippen molar-refractivity contribution < 1.29 is 38.4 Å². The molecule has 248 valence electrons. The maximum atomic E-state index is 13.3. The molecule has 0 aliphatic carbocycles. The molecule has 0 amide bonds. The van der Waals surface area contributed by atoms with E-state index in [1.165, 1.54) is 0 Å². The summed E-state index contributed by atoms with van der Waals surface area (Å²) in [5, 5.41) is 11.3. The largest absolute Gasteiger partial charge is 0.462 e. The van der Waals surface area contributed by atoms with Crippen molar-refractivity contribution in [2.24, 2.45) is 29.4 Å². The van der Waals surface area contributed by atoms with Gasteiger partial charge < -0.3 is 39.4 Å². The van der Waals surface area contributed by atoms with Crippen LogP contribution in [0.25, 0.3) is 0 Å². The van der Waals surface area contributed by atoms with Crippen LogP contribution in [0.4, 0.5) is 0 Å². The number of carbonyl (C=O) groups is 2. The Bertz CT molecular complexity index is 921. The van der Waals surface area contributed by atoms with E-state index in [0.717, 1.165) is 5.57 Å². The lowest BCUT2D eigenvalue weighted by Crippen LogP contribution is -2.56.